The van der Waals surface area contributed by atoms with Gasteiger partial charge in [0.1, 0.15) is 5.78 Å². The predicted molar refractivity (Wildman–Crippen MR) is 59.4 cm³/mol. The van der Waals surface area contributed by atoms with E-state index in [4.69, 9.17) is 0 Å². The van der Waals surface area contributed by atoms with E-state index in [1.807, 2.05) is 0 Å². The average molecular weight is 283 g/mol. The first-order chi connectivity index (χ1) is 6.53. The summed E-state index contributed by atoms with van der Waals surface area (Å²) in [4.78, 5) is 11.4. The number of Topliss-reactive ketones (excluding diaryl/α,β-unsaturated/α-hetero) is 1. The molecule has 0 saturated carbocycles. The third kappa shape index (κ3) is 4.09. The molecule has 5 heteroatoms. The zero-order valence-corrected chi connectivity index (χ0v) is 10.4. The van der Waals surface area contributed by atoms with Crippen LogP contribution in [0, 0.1) is 5.92 Å². The Labute approximate surface area is 93.3 Å². The molecule has 14 heavy (non-hydrogen) atoms. The fourth-order valence-corrected chi connectivity index (χ4v) is 3.86. The zero-order chi connectivity index (χ0) is 10.6. The maximum Gasteiger partial charge on any atom is 0.150 e. The van der Waals surface area contributed by atoms with Gasteiger partial charge in [0.05, 0.1) is 11.5 Å². The first-order valence-corrected chi connectivity index (χ1v) is 7.76. The van der Waals surface area contributed by atoms with Crippen molar-refractivity contribution in [3.8, 4) is 0 Å². The zero-order valence-electron chi connectivity index (χ0n) is 8.04. The van der Waals surface area contributed by atoms with Crippen LogP contribution in [0.3, 0.4) is 0 Å². The Balaban J connectivity index is 2.29. The van der Waals surface area contributed by atoms with Crippen molar-refractivity contribution in [2.24, 2.45) is 5.92 Å². The van der Waals surface area contributed by atoms with Gasteiger partial charge in [0.15, 0.2) is 9.84 Å². The normalized spacial score (nSPS) is 25.1. The SMILES string of the molecule is O=C(CCCBr)CC1CCS(=O)(=O)C1. The minimum Gasteiger partial charge on any atom is -0.300 e. The number of halogens is 1. The summed E-state index contributed by atoms with van der Waals surface area (Å²) in [6, 6.07) is 0. The summed E-state index contributed by atoms with van der Waals surface area (Å²) in [7, 11) is -2.82. The number of sulfone groups is 1. The molecule has 1 aliphatic rings. The highest BCUT2D eigenvalue weighted by atomic mass is 79.9. The standard InChI is InChI=1S/C9H15BrO3S/c10-4-1-2-9(11)6-8-3-5-14(12,13)7-8/h8H,1-7H2. The number of rotatable bonds is 5. The van der Waals surface area contributed by atoms with E-state index in [1.54, 1.807) is 0 Å². The van der Waals surface area contributed by atoms with Crippen LogP contribution in [-0.2, 0) is 14.6 Å². The molecule has 1 unspecified atom stereocenters. The van der Waals surface area contributed by atoms with Crippen molar-refractivity contribution in [3.05, 3.63) is 0 Å². The summed E-state index contributed by atoms with van der Waals surface area (Å²) in [5.41, 5.74) is 0. The van der Waals surface area contributed by atoms with Crippen LogP contribution in [-0.4, -0.2) is 31.0 Å². The molecule has 0 aliphatic carbocycles. The highest BCUT2D eigenvalue weighted by Crippen LogP contribution is 2.22. The van der Waals surface area contributed by atoms with E-state index in [9.17, 15) is 13.2 Å². The van der Waals surface area contributed by atoms with Gasteiger partial charge in [0, 0.05) is 18.2 Å². The second kappa shape index (κ2) is 5.26. The van der Waals surface area contributed by atoms with Gasteiger partial charge in [-0.2, -0.15) is 0 Å². The summed E-state index contributed by atoms with van der Waals surface area (Å²) < 4.78 is 22.2. The lowest BCUT2D eigenvalue weighted by molar-refractivity contribution is -0.119. The fourth-order valence-electron chi connectivity index (χ4n) is 1.72. The van der Waals surface area contributed by atoms with Gasteiger partial charge < -0.3 is 0 Å². The van der Waals surface area contributed by atoms with Crippen molar-refractivity contribution >= 4 is 31.6 Å². The molecule has 0 N–H and O–H groups in total. The molecule has 0 amide bonds. The summed E-state index contributed by atoms with van der Waals surface area (Å²) in [6.07, 6.45) is 2.54. The highest BCUT2D eigenvalue weighted by molar-refractivity contribution is 9.09. The van der Waals surface area contributed by atoms with Crippen molar-refractivity contribution in [3.63, 3.8) is 0 Å². The molecule has 1 heterocycles. The predicted octanol–water partition coefficient (Wildman–Crippen LogP) is 1.56. The lowest BCUT2D eigenvalue weighted by Gasteiger charge is -2.05. The van der Waals surface area contributed by atoms with Crippen LogP contribution in [0.4, 0.5) is 0 Å². The molecule has 1 aliphatic heterocycles. The van der Waals surface area contributed by atoms with Gasteiger partial charge in [-0.25, -0.2) is 8.42 Å². The van der Waals surface area contributed by atoms with Crippen molar-refractivity contribution in [1.29, 1.82) is 0 Å². The number of carbonyl (C=O) groups excluding carboxylic acids is 1. The van der Waals surface area contributed by atoms with Gasteiger partial charge in [0.25, 0.3) is 0 Å². The van der Waals surface area contributed by atoms with E-state index < -0.39 is 9.84 Å². The molecule has 0 aromatic heterocycles. The Bertz CT molecular complexity index is 297. The summed E-state index contributed by atoms with van der Waals surface area (Å²) in [5.74, 6) is 0.769. The van der Waals surface area contributed by atoms with Crippen molar-refractivity contribution < 1.29 is 13.2 Å². The molecular formula is C9H15BrO3S. The summed E-state index contributed by atoms with van der Waals surface area (Å²) in [6.45, 7) is 0. The number of hydrogen-bond donors (Lipinski definition) is 0. The second-order valence-electron chi connectivity index (χ2n) is 3.80. The van der Waals surface area contributed by atoms with Gasteiger partial charge in [0.2, 0.25) is 0 Å². The molecule has 3 nitrogen and oxygen atoms in total. The molecule has 1 fully saturated rings. The third-order valence-corrected chi connectivity index (χ3v) is 4.83. The summed E-state index contributed by atoms with van der Waals surface area (Å²) >= 11 is 3.26. The highest BCUT2D eigenvalue weighted by Gasteiger charge is 2.28. The van der Waals surface area contributed by atoms with Gasteiger partial charge >= 0.3 is 0 Å². The molecule has 0 aromatic rings. The van der Waals surface area contributed by atoms with Crippen LogP contribution in [0.5, 0.6) is 0 Å². The lowest BCUT2D eigenvalue weighted by Crippen LogP contribution is -2.10. The topological polar surface area (TPSA) is 51.2 Å². The molecule has 0 aromatic carbocycles. The Hall–Kier alpha value is 0.1000. The first kappa shape index (κ1) is 12.2. The molecular weight excluding hydrogens is 268 g/mol. The van der Waals surface area contributed by atoms with Crippen molar-refractivity contribution in [2.75, 3.05) is 16.8 Å². The number of carbonyl (C=O) groups is 1. The quantitative estimate of drug-likeness (QED) is 0.719. The van der Waals surface area contributed by atoms with E-state index in [0.717, 1.165) is 11.8 Å². The van der Waals surface area contributed by atoms with Gasteiger partial charge in [-0.1, -0.05) is 15.9 Å². The number of hydrogen-bond acceptors (Lipinski definition) is 3. The third-order valence-electron chi connectivity index (χ3n) is 2.43. The van der Waals surface area contributed by atoms with Crippen LogP contribution in [0.25, 0.3) is 0 Å². The van der Waals surface area contributed by atoms with Crippen LogP contribution in [0.2, 0.25) is 0 Å². The molecule has 1 rings (SSSR count). The summed E-state index contributed by atoms with van der Waals surface area (Å²) in [5, 5.41) is 0.835. The Morgan fingerprint density at radius 1 is 1.43 bits per heavy atom. The van der Waals surface area contributed by atoms with Crippen LogP contribution in [0.15, 0.2) is 0 Å². The van der Waals surface area contributed by atoms with E-state index in [-0.39, 0.29) is 23.2 Å². The molecule has 1 atom stereocenters. The van der Waals surface area contributed by atoms with Crippen LogP contribution >= 0.6 is 15.9 Å². The lowest BCUT2D eigenvalue weighted by atomic mass is 10.00. The van der Waals surface area contributed by atoms with Crippen LogP contribution in [0.1, 0.15) is 25.7 Å². The second-order valence-corrected chi connectivity index (χ2v) is 6.83. The Kier molecular flexibility index (Phi) is 4.57. The van der Waals surface area contributed by atoms with Gasteiger partial charge in [-0.15, -0.1) is 0 Å². The largest absolute Gasteiger partial charge is 0.300 e. The molecule has 1 saturated heterocycles. The monoisotopic (exact) mass is 282 g/mol. The van der Waals surface area contributed by atoms with E-state index in [1.165, 1.54) is 0 Å². The van der Waals surface area contributed by atoms with Gasteiger partial charge in [-0.05, 0) is 18.8 Å². The average Bonchev–Trinajstić information content (AvgIpc) is 2.42. The van der Waals surface area contributed by atoms with E-state index in [0.29, 0.717) is 19.3 Å². The molecule has 82 valence electrons. The van der Waals surface area contributed by atoms with Crippen molar-refractivity contribution in [1.82, 2.24) is 0 Å². The van der Waals surface area contributed by atoms with Crippen molar-refractivity contribution in [2.45, 2.75) is 25.7 Å². The van der Waals surface area contributed by atoms with E-state index >= 15 is 0 Å². The number of alkyl halides is 1. The first-order valence-electron chi connectivity index (χ1n) is 4.81. The smallest absolute Gasteiger partial charge is 0.150 e. The molecule has 0 spiro atoms. The van der Waals surface area contributed by atoms with E-state index in [2.05, 4.69) is 15.9 Å². The van der Waals surface area contributed by atoms with Gasteiger partial charge in [-0.3, -0.25) is 4.79 Å². The van der Waals surface area contributed by atoms with Crippen LogP contribution < -0.4 is 0 Å². The minimum absolute atomic E-state index is 0.0859. The Morgan fingerprint density at radius 3 is 2.64 bits per heavy atom. The molecule has 0 radical (unpaired) electrons. The maximum absolute atomic E-state index is 11.4. The fraction of sp³-hybridized carbons (Fsp3) is 0.889. The Morgan fingerprint density at radius 2 is 2.14 bits per heavy atom. The minimum atomic E-state index is -2.82. The number of ketones is 1. The maximum atomic E-state index is 11.4. The molecule has 0 bridgehead atoms.